The van der Waals surface area contributed by atoms with Gasteiger partial charge in [0.05, 0.1) is 0 Å². The summed E-state index contributed by atoms with van der Waals surface area (Å²) in [6.07, 6.45) is 0. The Labute approximate surface area is 123 Å². The minimum Gasteiger partial charge on any atom is -0.322 e. The molecule has 1 saturated heterocycles. The topological polar surface area (TPSA) is 49.4 Å². The number of nitrogens with zero attached hydrogens (tertiary/aromatic N) is 1. The first-order chi connectivity index (χ1) is 9.45. The Balaban J connectivity index is 2.04. The number of nitrogens with one attached hydrogen (secondary N) is 1. The number of ketones is 1. The van der Waals surface area contributed by atoms with Crippen LogP contribution in [0.15, 0.2) is 24.3 Å². The molecule has 1 N–H and O–H groups in total. The zero-order valence-corrected chi connectivity index (χ0v) is 12.9. The molecule has 0 saturated carbocycles. The largest absolute Gasteiger partial charge is 0.322 e. The molecular formula is C15H20N2O2S. The predicted molar refractivity (Wildman–Crippen MR) is 83.6 cm³/mol. The van der Waals surface area contributed by atoms with Gasteiger partial charge in [0, 0.05) is 34.8 Å². The third kappa shape index (κ3) is 3.76. The molecule has 1 heterocycles. The van der Waals surface area contributed by atoms with Crippen molar-refractivity contribution in [2.24, 2.45) is 0 Å². The van der Waals surface area contributed by atoms with Crippen molar-refractivity contribution in [1.82, 2.24) is 4.90 Å². The highest BCUT2D eigenvalue weighted by Crippen LogP contribution is 2.25. The normalized spacial score (nSPS) is 22.4. The fraction of sp³-hybridized carbons (Fsp3) is 0.467. The van der Waals surface area contributed by atoms with E-state index in [2.05, 4.69) is 19.2 Å². The van der Waals surface area contributed by atoms with Gasteiger partial charge in [0.2, 0.25) is 0 Å². The molecule has 20 heavy (non-hydrogen) atoms. The van der Waals surface area contributed by atoms with Gasteiger partial charge in [0.1, 0.15) is 0 Å². The maximum Gasteiger partial charge on any atom is 0.321 e. The summed E-state index contributed by atoms with van der Waals surface area (Å²) in [4.78, 5) is 25.4. The Morgan fingerprint density at radius 1 is 1.25 bits per heavy atom. The second-order valence-electron chi connectivity index (χ2n) is 5.23. The number of anilines is 1. The monoisotopic (exact) mass is 292 g/mol. The summed E-state index contributed by atoms with van der Waals surface area (Å²) < 4.78 is 0. The second-order valence-corrected chi connectivity index (χ2v) is 7.11. The maximum atomic E-state index is 12.3. The van der Waals surface area contributed by atoms with Gasteiger partial charge in [0.15, 0.2) is 5.78 Å². The lowest BCUT2D eigenvalue weighted by Gasteiger charge is -2.34. The van der Waals surface area contributed by atoms with E-state index in [0.29, 0.717) is 21.8 Å². The lowest BCUT2D eigenvalue weighted by atomic mass is 10.1. The molecule has 108 valence electrons. The van der Waals surface area contributed by atoms with Crippen LogP contribution >= 0.6 is 11.8 Å². The van der Waals surface area contributed by atoms with Gasteiger partial charge in [-0.25, -0.2) is 4.79 Å². The second kappa shape index (κ2) is 6.31. The zero-order chi connectivity index (χ0) is 14.7. The summed E-state index contributed by atoms with van der Waals surface area (Å²) in [5, 5.41) is 3.78. The van der Waals surface area contributed by atoms with E-state index in [-0.39, 0.29) is 11.8 Å². The van der Waals surface area contributed by atoms with E-state index in [1.54, 1.807) is 24.3 Å². The first-order valence-corrected chi connectivity index (χ1v) is 7.72. The van der Waals surface area contributed by atoms with Crippen LogP contribution in [0.4, 0.5) is 10.5 Å². The number of urea groups is 1. The van der Waals surface area contributed by atoms with Crippen molar-refractivity contribution >= 4 is 29.3 Å². The molecule has 1 fully saturated rings. The molecule has 1 aromatic carbocycles. The van der Waals surface area contributed by atoms with Gasteiger partial charge in [-0.15, -0.1) is 0 Å². The van der Waals surface area contributed by atoms with Gasteiger partial charge in [-0.1, -0.05) is 26.0 Å². The molecule has 2 rings (SSSR count). The van der Waals surface area contributed by atoms with Crippen LogP contribution in [-0.4, -0.2) is 40.3 Å². The van der Waals surface area contributed by atoms with Crippen LogP contribution in [-0.2, 0) is 0 Å². The Morgan fingerprint density at radius 3 is 2.50 bits per heavy atom. The van der Waals surface area contributed by atoms with Gasteiger partial charge in [-0.05, 0) is 19.1 Å². The van der Waals surface area contributed by atoms with Crippen LogP contribution < -0.4 is 5.32 Å². The molecular weight excluding hydrogens is 272 g/mol. The smallest absolute Gasteiger partial charge is 0.321 e. The van der Waals surface area contributed by atoms with Crippen LogP contribution in [0.5, 0.6) is 0 Å². The fourth-order valence-electron chi connectivity index (χ4n) is 2.36. The number of thioether (sulfide) groups is 1. The van der Waals surface area contributed by atoms with Crippen molar-refractivity contribution in [3.8, 4) is 0 Å². The quantitative estimate of drug-likeness (QED) is 0.851. The Hall–Kier alpha value is -1.49. The van der Waals surface area contributed by atoms with Crippen LogP contribution in [0.3, 0.4) is 0 Å². The van der Waals surface area contributed by atoms with Crippen molar-refractivity contribution in [3.05, 3.63) is 29.8 Å². The third-order valence-corrected chi connectivity index (χ3v) is 4.45. The molecule has 2 amide bonds. The molecule has 1 aromatic rings. The van der Waals surface area contributed by atoms with Crippen LogP contribution in [0.25, 0.3) is 0 Å². The van der Waals surface area contributed by atoms with Crippen molar-refractivity contribution in [2.45, 2.75) is 31.3 Å². The van der Waals surface area contributed by atoms with E-state index in [4.69, 9.17) is 0 Å². The van der Waals surface area contributed by atoms with Crippen molar-refractivity contribution < 1.29 is 9.59 Å². The fourth-order valence-corrected chi connectivity index (χ4v) is 3.69. The van der Waals surface area contributed by atoms with Gasteiger partial charge in [0.25, 0.3) is 0 Å². The molecule has 1 aliphatic rings. The maximum absolute atomic E-state index is 12.3. The van der Waals surface area contributed by atoms with Crippen LogP contribution in [0, 0.1) is 0 Å². The molecule has 1 aliphatic heterocycles. The highest BCUT2D eigenvalue weighted by molar-refractivity contribution is 8.00. The molecule has 2 unspecified atom stereocenters. The highest BCUT2D eigenvalue weighted by Gasteiger charge is 2.25. The highest BCUT2D eigenvalue weighted by atomic mass is 32.2. The number of hydrogen-bond acceptors (Lipinski definition) is 3. The minimum absolute atomic E-state index is 0.00211. The van der Waals surface area contributed by atoms with Gasteiger partial charge in [-0.2, -0.15) is 11.8 Å². The number of amides is 2. The summed E-state index contributed by atoms with van der Waals surface area (Å²) in [6.45, 7) is 7.31. The average molecular weight is 292 g/mol. The molecule has 0 aromatic heterocycles. The third-order valence-electron chi connectivity index (χ3n) is 3.23. The molecule has 0 spiro atoms. The number of Topliss-reactive ketones (excluding diaryl/α,β-unsaturated/α-hetero) is 1. The molecule has 2 atom stereocenters. The van der Waals surface area contributed by atoms with Crippen LogP contribution in [0.1, 0.15) is 31.1 Å². The summed E-state index contributed by atoms with van der Waals surface area (Å²) in [5.74, 6) is -0.00211. The SMILES string of the molecule is CC(=O)c1cccc(NC(=O)N2CC(C)SC(C)C2)c1. The lowest BCUT2D eigenvalue weighted by Crippen LogP contribution is -2.46. The van der Waals surface area contributed by atoms with E-state index < -0.39 is 0 Å². The lowest BCUT2D eigenvalue weighted by molar-refractivity contribution is 0.101. The number of benzene rings is 1. The Morgan fingerprint density at radius 2 is 1.90 bits per heavy atom. The van der Waals surface area contributed by atoms with E-state index in [1.165, 1.54) is 6.92 Å². The van der Waals surface area contributed by atoms with E-state index in [0.717, 1.165) is 13.1 Å². The molecule has 4 nitrogen and oxygen atoms in total. The Kier molecular flexibility index (Phi) is 4.70. The summed E-state index contributed by atoms with van der Waals surface area (Å²) >= 11 is 1.91. The van der Waals surface area contributed by atoms with Gasteiger partial charge in [-0.3, -0.25) is 4.79 Å². The minimum atomic E-state index is -0.0929. The number of carbonyl (C=O) groups excluding carboxylic acids is 2. The summed E-state index contributed by atoms with van der Waals surface area (Å²) in [6, 6.07) is 6.95. The number of hydrogen-bond donors (Lipinski definition) is 1. The van der Waals surface area contributed by atoms with E-state index in [1.807, 2.05) is 16.7 Å². The van der Waals surface area contributed by atoms with E-state index in [9.17, 15) is 9.59 Å². The first-order valence-electron chi connectivity index (χ1n) is 6.78. The van der Waals surface area contributed by atoms with Gasteiger partial charge >= 0.3 is 6.03 Å². The molecule has 5 heteroatoms. The van der Waals surface area contributed by atoms with Crippen LogP contribution in [0.2, 0.25) is 0 Å². The predicted octanol–water partition coefficient (Wildman–Crippen LogP) is 3.25. The molecule has 0 bridgehead atoms. The summed E-state index contributed by atoms with van der Waals surface area (Å²) in [5.41, 5.74) is 1.28. The molecule has 0 radical (unpaired) electrons. The first kappa shape index (κ1) is 14.9. The number of carbonyl (C=O) groups is 2. The standard InChI is InChI=1S/C15H20N2O2S/c1-10-8-17(9-11(2)20-10)15(19)16-14-6-4-5-13(7-14)12(3)18/h4-7,10-11H,8-9H2,1-3H3,(H,16,19). The zero-order valence-electron chi connectivity index (χ0n) is 12.1. The van der Waals surface area contributed by atoms with E-state index >= 15 is 0 Å². The van der Waals surface area contributed by atoms with Crippen molar-refractivity contribution in [2.75, 3.05) is 18.4 Å². The van der Waals surface area contributed by atoms with Gasteiger partial charge < -0.3 is 10.2 Å². The Bertz CT molecular complexity index is 508. The average Bonchev–Trinajstić information content (AvgIpc) is 2.37. The summed E-state index contributed by atoms with van der Waals surface area (Å²) in [7, 11) is 0. The van der Waals surface area contributed by atoms with Crippen molar-refractivity contribution in [1.29, 1.82) is 0 Å². The molecule has 0 aliphatic carbocycles. The number of rotatable bonds is 2. The van der Waals surface area contributed by atoms with Crippen molar-refractivity contribution in [3.63, 3.8) is 0 Å².